The maximum absolute atomic E-state index is 13.2. The standard InChI is InChI=1S/C22H26N2O3/c1-14-20(21-18(25)9-6-10-19(21)27-14)22(26)24(3)13-17-11-15-7-4-5-8-16(15)12-23(17)2/h4-5,7-8,17H,6,9-13H2,1-3H3/t17-/m0/s1. The molecule has 2 aliphatic rings. The monoisotopic (exact) mass is 366 g/mol. The van der Waals surface area contributed by atoms with Gasteiger partial charge in [0.25, 0.3) is 5.91 Å². The van der Waals surface area contributed by atoms with Gasteiger partial charge in [-0.25, -0.2) is 0 Å². The van der Waals surface area contributed by atoms with E-state index in [9.17, 15) is 9.59 Å². The van der Waals surface area contributed by atoms with Gasteiger partial charge in [-0.1, -0.05) is 24.3 Å². The lowest BCUT2D eigenvalue weighted by Gasteiger charge is -2.36. The Bertz CT molecular complexity index is 899. The predicted octanol–water partition coefficient (Wildman–Crippen LogP) is 3.24. The first-order valence-electron chi connectivity index (χ1n) is 9.63. The summed E-state index contributed by atoms with van der Waals surface area (Å²) in [6.45, 7) is 3.30. The third-order valence-electron chi connectivity index (χ3n) is 5.91. The Balaban J connectivity index is 1.54. The number of nitrogens with zero attached hydrogens (tertiary/aromatic N) is 2. The molecule has 142 valence electrons. The van der Waals surface area contributed by atoms with Crippen LogP contribution < -0.4 is 0 Å². The number of benzene rings is 1. The lowest BCUT2D eigenvalue weighted by Crippen LogP contribution is -2.46. The fraction of sp³-hybridized carbons (Fsp3) is 0.455. The zero-order valence-corrected chi connectivity index (χ0v) is 16.2. The summed E-state index contributed by atoms with van der Waals surface area (Å²) in [6, 6.07) is 8.75. The molecule has 1 amide bonds. The van der Waals surface area contributed by atoms with Gasteiger partial charge in [0, 0.05) is 39.0 Å². The predicted molar refractivity (Wildman–Crippen MR) is 103 cm³/mol. The number of aryl methyl sites for hydroxylation is 2. The van der Waals surface area contributed by atoms with Crippen LogP contribution >= 0.6 is 0 Å². The number of furan rings is 1. The van der Waals surface area contributed by atoms with Gasteiger partial charge in [0.15, 0.2) is 5.78 Å². The number of hydrogen-bond donors (Lipinski definition) is 0. The summed E-state index contributed by atoms with van der Waals surface area (Å²) in [7, 11) is 3.93. The molecule has 2 heterocycles. The quantitative estimate of drug-likeness (QED) is 0.837. The van der Waals surface area contributed by atoms with Crippen LogP contribution in [0.1, 0.15) is 56.2 Å². The minimum Gasteiger partial charge on any atom is -0.465 e. The third kappa shape index (κ3) is 3.21. The normalized spacial score (nSPS) is 19.5. The number of rotatable bonds is 3. The van der Waals surface area contributed by atoms with Crippen molar-refractivity contribution in [3.63, 3.8) is 0 Å². The van der Waals surface area contributed by atoms with Crippen molar-refractivity contribution in [2.45, 2.75) is 45.2 Å². The molecule has 0 saturated heterocycles. The maximum Gasteiger partial charge on any atom is 0.257 e. The molecule has 1 atom stereocenters. The summed E-state index contributed by atoms with van der Waals surface area (Å²) in [6.07, 6.45) is 2.96. The zero-order chi connectivity index (χ0) is 19.1. The van der Waals surface area contributed by atoms with Crippen molar-refractivity contribution in [2.24, 2.45) is 0 Å². The van der Waals surface area contributed by atoms with E-state index in [1.54, 1.807) is 11.8 Å². The summed E-state index contributed by atoms with van der Waals surface area (Å²) in [4.78, 5) is 29.6. The van der Waals surface area contributed by atoms with E-state index in [-0.39, 0.29) is 17.7 Å². The molecule has 0 bridgehead atoms. The number of carbonyl (C=O) groups excluding carboxylic acids is 2. The number of fused-ring (bicyclic) bond motifs is 2. The van der Waals surface area contributed by atoms with E-state index in [0.717, 1.165) is 25.8 Å². The molecule has 0 saturated carbocycles. The molecule has 27 heavy (non-hydrogen) atoms. The molecule has 0 fully saturated rings. The molecular weight excluding hydrogens is 340 g/mol. The van der Waals surface area contributed by atoms with Crippen LogP contribution in [-0.2, 0) is 19.4 Å². The van der Waals surface area contributed by atoms with E-state index in [0.29, 0.717) is 35.6 Å². The highest BCUT2D eigenvalue weighted by atomic mass is 16.3. The van der Waals surface area contributed by atoms with Crippen molar-refractivity contribution >= 4 is 11.7 Å². The summed E-state index contributed by atoms with van der Waals surface area (Å²) in [5.74, 6) is 1.17. The lowest BCUT2D eigenvalue weighted by molar-refractivity contribution is 0.0727. The Morgan fingerprint density at radius 1 is 1.26 bits per heavy atom. The molecule has 0 radical (unpaired) electrons. The molecule has 1 aromatic carbocycles. The van der Waals surface area contributed by atoms with Crippen LogP contribution in [0.5, 0.6) is 0 Å². The van der Waals surface area contributed by atoms with Crippen molar-refractivity contribution < 1.29 is 14.0 Å². The number of carbonyl (C=O) groups is 2. The van der Waals surface area contributed by atoms with Gasteiger partial charge in [0.1, 0.15) is 11.5 Å². The van der Waals surface area contributed by atoms with Crippen molar-refractivity contribution in [1.29, 1.82) is 0 Å². The molecule has 1 aliphatic carbocycles. The Kier molecular flexibility index (Phi) is 4.64. The van der Waals surface area contributed by atoms with E-state index in [1.165, 1.54) is 11.1 Å². The van der Waals surface area contributed by atoms with Crippen LogP contribution in [0.4, 0.5) is 0 Å². The van der Waals surface area contributed by atoms with Crippen LogP contribution in [0, 0.1) is 6.92 Å². The number of hydrogen-bond acceptors (Lipinski definition) is 4. The summed E-state index contributed by atoms with van der Waals surface area (Å²) < 4.78 is 5.76. The van der Waals surface area contributed by atoms with Gasteiger partial charge in [-0.05, 0) is 37.9 Å². The molecule has 0 N–H and O–H groups in total. The van der Waals surface area contributed by atoms with Crippen LogP contribution in [0.25, 0.3) is 0 Å². The lowest BCUT2D eigenvalue weighted by atomic mass is 9.92. The number of likely N-dealkylation sites (N-methyl/N-ethyl adjacent to an activating group) is 2. The molecule has 1 aliphatic heterocycles. The Morgan fingerprint density at radius 3 is 2.78 bits per heavy atom. The SMILES string of the molecule is Cc1oc2c(c1C(=O)N(C)C[C@@H]1Cc3ccccc3CN1C)C(=O)CCC2. The maximum atomic E-state index is 13.2. The molecule has 5 nitrogen and oxygen atoms in total. The van der Waals surface area contributed by atoms with Crippen molar-refractivity contribution in [3.05, 3.63) is 58.0 Å². The average Bonchev–Trinajstić information content (AvgIpc) is 2.99. The van der Waals surface area contributed by atoms with E-state index in [2.05, 4.69) is 36.2 Å². The largest absolute Gasteiger partial charge is 0.465 e. The molecule has 5 heteroatoms. The van der Waals surface area contributed by atoms with E-state index in [1.807, 2.05) is 7.05 Å². The van der Waals surface area contributed by atoms with Gasteiger partial charge in [-0.2, -0.15) is 0 Å². The van der Waals surface area contributed by atoms with Gasteiger partial charge in [0.2, 0.25) is 0 Å². The summed E-state index contributed by atoms with van der Waals surface area (Å²) in [5, 5.41) is 0. The highest BCUT2D eigenvalue weighted by molar-refractivity contribution is 6.09. The fourth-order valence-electron chi connectivity index (χ4n) is 4.38. The summed E-state index contributed by atoms with van der Waals surface area (Å²) >= 11 is 0. The Labute approximate surface area is 159 Å². The first kappa shape index (κ1) is 18.0. The van der Waals surface area contributed by atoms with Crippen molar-refractivity contribution in [1.82, 2.24) is 9.80 Å². The Morgan fingerprint density at radius 2 is 2.00 bits per heavy atom. The number of amides is 1. The van der Waals surface area contributed by atoms with Gasteiger partial charge in [-0.3, -0.25) is 14.5 Å². The van der Waals surface area contributed by atoms with E-state index >= 15 is 0 Å². The van der Waals surface area contributed by atoms with Crippen LogP contribution in [0.15, 0.2) is 28.7 Å². The highest BCUT2D eigenvalue weighted by Crippen LogP contribution is 2.31. The second kappa shape index (κ2) is 6.97. The molecule has 1 aromatic heterocycles. The second-order valence-corrected chi connectivity index (χ2v) is 7.84. The molecule has 2 aromatic rings. The smallest absolute Gasteiger partial charge is 0.257 e. The van der Waals surface area contributed by atoms with Crippen LogP contribution in [0.3, 0.4) is 0 Å². The first-order valence-corrected chi connectivity index (χ1v) is 9.63. The van der Waals surface area contributed by atoms with Gasteiger partial charge >= 0.3 is 0 Å². The van der Waals surface area contributed by atoms with E-state index < -0.39 is 0 Å². The minimum atomic E-state index is -0.111. The van der Waals surface area contributed by atoms with Gasteiger partial charge in [0.05, 0.1) is 11.1 Å². The highest BCUT2D eigenvalue weighted by Gasteiger charge is 2.33. The van der Waals surface area contributed by atoms with Gasteiger partial charge < -0.3 is 9.32 Å². The van der Waals surface area contributed by atoms with Crippen molar-refractivity contribution in [3.8, 4) is 0 Å². The zero-order valence-electron chi connectivity index (χ0n) is 16.2. The van der Waals surface area contributed by atoms with Crippen LogP contribution in [0.2, 0.25) is 0 Å². The molecule has 0 spiro atoms. The topological polar surface area (TPSA) is 53.8 Å². The number of Topliss-reactive ketones (excluding diaryl/α,β-unsaturated/α-hetero) is 1. The first-order chi connectivity index (χ1) is 13.0. The minimum absolute atomic E-state index is 0.0357. The Hall–Kier alpha value is -2.40. The molecular formula is C22H26N2O3. The molecule has 4 rings (SSSR count). The van der Waals surface area contributed by atoms with Crippen LogP contribution in [-0.4, -0.2) is 48.2 Å². The fourth-order valence-corrected chi connectivity index (χ4v) is 4.38. The van der Waals surface area contributed by atoms with Crippen molar-refractivity contribution in [2.75, 3.05) is 20.6 Å². The molecule has 0 unspecified atom stereocenters. The van der Waals surface area contributed by atoms with E-state index in [4.69, 9.17) is 4.42 Å². The second-order valence-electron chi connectivity index (χ2n) is 7.84. The van der Waals surface area contributed by atoms with Gasteiger partial charge in [-0.15, -0.1) is 0 Å². The third-order valence-corrected chi connectivity index (χ3v) is 5.91. The summed E-state index contributed by atoms with van der Waals surface area (Å²) in [5.41, 5.74) is 3.71. The average molecular weight is 366 g/mol. The number of ketones is 1.